The number of rotatable bonds is 4. The van der Waals surface area contributed by atoms with Gasteiger partial charge in [-0.3, -0.25) is 4.79 Å². The first-order valence-corrected chi connectivity index (χ1v) is 4.52. The van der Waals surface area contributed by atoms with E-state index in [4.69, 9.17) is 11.6 Å². The van der Waals surface area contributed by atoms with Gasteiger partial charge in [0.25, 0.3) is 5.56 Å². The standard InChI is InChI=1S/C8H9ClF2N2O2/c1-5-4-6(9)12-13(7(5)14)2-3-15-8(10)11/h4,8H,2-3H2,1H3. The molecular weight excluding hydrogens is 230 g/mol. The highest BCUT2D eigenvalue weighted by Crippen LogP contribution is 2.02. The van der Waals surface area contributed by atoms with Gasteiger partial charge in [0, 0.05) is 5.56 Å². The summed E-state index contributed by atoms with van der Waals surface area (Å²) in [6, 6.07) is 1.41. The van der Waals surface area contributed by atoms with E-state index in [0.717, 1.165) is 4.68 Å². The van der Waals surface area contributed by atoms with E-state index < -0.39 is 6.61 Å². The van der Waals surface area contributed by atoms with Gasteiger partial charge in [-0.05, 0) is 13.0 Å². The summed E-state index contributed by atoms with van der Waals surface area (Å²) in [7, 11) is 0. The van der Waals surface area contributed by atoms with Crippen LogP contribution in [0.4, 0.5) is 8.78 Å². The largest absolute Gasteiger partial charge is 0.345 e. The van der Waals surface area contributed by atoms with Crippen LogP contribution in [0.2, 0.25) is 5.15 Å². The zero-order chi connectivity index (χ0) is 11.4. The first-order chi connectivity index (χ1) is 7.00. The number of ether oxygens (including phenoxy) is 1. The predicted molar refractivity (Wildman–Crippen MR) is 50.2 cm³/mol. The monoisotopic (exact) mass is 238 g/mol. The Hall–Kier alpha value is -1.01. The Balaban J connectivity index is 2.73. The maximum Gasteiger partial charge on any atom is 0.345 e. The second-order valence-corrected chi connectivity index (χ2v) is 3.20. The van der Waals surface area contributed by atoms with Gasteiger partial charge in [0.05, 0.1) is 13.2 Å². The Bertz CT molecular complexity index is 395. The molecule has 0 N–H and O–H groups in total. The normalized spacial score (nSPS) is 11.0. The van der Waals surface area contributed by atoms with Gasteiger partial charge in [-0.25, -0.2) is 4.68 Å². The Morgan fingerprint density at radius 1 is 1.67 bits per heavy atom. The summed E-state index contributed by atoms with van der Waals surface area (Å²) in [5.41, 5.74) is 0.0457. The number of nitrogens with zero attached hydrogens (tertiary/aromatic N) is 2. The van der Waals surface area contributed by atoms with E-state index in [0.29, 0.717) is 5.56 Å². The van der Waals surface area contributed by atoms with Crippen LogP contribution in [0.15, 0.2) is 10.9 Å². The van der Waals surface area contributed by atoms with Gasteiger partial charge in [0.1, 0.15) is 5.15 Å². The Kier molecular flexibility index (Phi) is 4.16. The van der Waals surface area contributed by atoms with Crippen molar-refractivity contribution in [3.05, 3.63) is 27.1 Å². The summed E-state index contributed by atoms with van der Waals surface area (Å²) in [6.07, 6.45) is 0. The maximum absolute atomic E-state index is 11.6. The molecule has 0 atom stereocenters. The lowest BCUT2D eigenvalue weighted by atomic mass is 10.3. The van der Waals surface area contributed by atoms with Crippen LogP contribution in [-0.2, 0) is 11.3 Å². The second kappa shape index (κ2) is 5.18. The molecule has 7 heteroatoms. The smallest absolute Gasteiger partial charge is 0.321 e. The van der Waals surface area contributed by atoms with Crippen LogP contribution in [0, 0.1) is 6.92 Å². The van der Waals surface area contributed by atoms with Crippen molar-refractivity contribution in [3.63, 3.8) is 0 Å². The van der Waals surface area contributed by atoms with Crippen LogP contribution in [0.3, 0.4) is 0 Å². The van der Waals surface area contributed by atoms with Crippen molar-refractivity contribution in [2.24, 2.45) is 0 Å². The van der Waals surface area contributed by atoms with Crippen molar-refractivity contribution < 1.29 is 13.5 Å². The lowest BCUT2D eigenvalue weighted by molar-refractivity contribution is -0.131. The van der Waals surface area contributed by atoms with Crippen LogP contribution < -0.4 is 5.56 Å². The van der Waals surface area contributed by atoms with Crippen molar-refractivity contribution >= 4 is 11.6 Å². The third-order valence-electron chi connectivity index (χ3n) is 1.67. The third kappa shape index (κ3) is 3.56. The van der Waals surface area contributed by atoms with E-state index in [9.17, 15) is 13.6 Å². The quantitative estimate of drug-likeness (QED) is 0.797. The molecule has 0 aliphatic rings. The molecule has 0 radical (unpaired) electrons. The van der Waals surface area contributed by atoms with Crippen LogP contribution in [0.25, 0.3) is 0 Å². The summed E-state index contributed by atoms with van der Waals surface area (Å²) in [6.45, 7) is -1.61. The molecule has 0 saturated heterocycles. The molecule has 0 spiro atoms. The summed E-state index contributed by atoms with van der Waals surface area (Å²) < 4.78 is 28.3. The maximum atomic E-state index is 11.6. The number of aromatic nitrogens is 2. The molecule has 0 aliphatic carbocycles. The predicted octanol–water partition coefficient (Wildman–Crippen LogP) is 1.44. The fraction of sp³-hybridized carbons (Fsp3) is 0.500. The zero-order valence-corrected chi connectivity index (χ0v) is 8.67. The Labute approximate surface area is 89.4 Å². The van der Waals surface area contributed by atoms with E-state index in [-0.39, 0.29) is 23.9 Å². The molecule has 0 bridgehead atoms. The molecule has 4 nitrogen and oxygen atoms in total. The molecule has 0 saturated carbocycles. The minimum Gasteiger partial charge on any atom is -0.321 e. The summed E-state index contributed by atoms with van der Waals surface area (Å²) in [4.78, 5) is 11.4. The first kappa shape index (κ1) is 12.1. The Morgan fingerprint density at radius 2 is 2.33 bits per heavy atom. The molecule has 1 aromatic rings. The molecule has 84 valence electrons. The topological polar surface area (TPSA) is 44.1 Å². The van der Waals surface area contributed by atoms with Gasteiger partial charge in [-0.1, -0.05) is 11.6 Å². The van der Waals surface area contributed by atoms with Gasteiger partial charge in [-0.2, -0.15) is 13.9 Å². The second-order valence-electron chi connectivity index (χ2n) is 2.81. The molecule has 0 amide bonds. The van der Waals surface area contributed by atoms with Crippen molar-refractivity contribution in [2.45, 2.75) is 20.1 Å². The van der Waals surface area contributed by atoms with E-state index >= 15 is 0 Å². The van der Waals surface area contributed by atoms with Crippen molar-refractivity contribution in [3.8, 4) is 0 Å². The fourth-order valence-corrected chi connectivity index (χ4v) is 1.27. The molecule has 1 rings (SSSR count). The molecule has 1 aromatic heterocycles. The summed E-state index contributed by atoms with van der Waals surface area (Å²) >= 11 is 5.60. The van der Waals surface area contributed by atoms with E-state index in [1.807, 2.05) is 0 Å². The van der Waals surface area contributed by atoms with Gasteiger partial charge < -0.3 is 4.74 Å². The third-order valence-corrected chi connectivity index (χ3v) is 1.86. The number of hydrogen-bond donors (Lipinski definition) is 0. The molecule has 0 aliphatic heterocycles. The van der Waals surface area contributed by atoms with Gasteiger partial charge in [0.2, 0.25) is 0 Å². The van der Waals surface area contributed by atoms with E-state index in [2.05, 4.69) is 9.84 Å². The lowest BCUT2D eigenvalue weighted by Crippen LogP contribution is -2.27. The fourth-order valence-electron chi connectivity index (χ4n) is 1.01. The molecule has 1 heterocycles. The molecular formula is C8H9ClF2N2O2. The summed E-state index contributed by atoms with van der Waals surface area (Å²) in [5.74, 6) is 0. The van der Waals surface area contributed by atoms with Gasteiger partial charge in [0.15, 0.2) is 0 Å². The average molecular weight is 239 g/mol. The van der Waals surface area contributed by atoms with E-state index in [1.54, 1.807) is 6.92 Å². The van der Waals surface area contributed by atoms with E-state index in [1.165, 1.54) is 6.07 Å². The van der Waals surface area contributed by atoms with Crippen LogP contribution in [-0.4, -0.2) is 23.0 Å². The highest BCUT2D eigenvalue weighted by Gasteiger charge is 2.05. The Morgan fingerprint density at radius 3 is 2.93 bits per heavy atom. The zero-order valence-electron chi connectivity index (χ0n) is 7.91. The number of halogens is 3. The number of alkyl halides is 2. The van der Waals surface area contributed by atoms with Crippen LogP contribution in [0.5, 0.6) is 0 Å². The van der Waals surface area contributed by atoms with Crippen LogP contribution in [0.1, 0.15) is 5.56 Å². The van der Waals surface area contributed by atoms with Gasteiger partial charge >= 0.3 is 6.61 Å². The highest BCUT2D eigenvalue weighted by molar-refractivity contribution is 6.29. The van der Waals surface area contributed by atoms with Crippen molar-refractivity contribution in [1.82, 2.24) is 9.78 Å². The van der Waals surface area contributed by atoms with Crippen LogP contribution >= 0.6 is 11.6 Å². The summed E-state index contributed by atoms with van der Waals surface area (Å²) in [5, 5.41) is 3.82. The van der Waals surface area contributed by atoms with Crippen molar-refractivity contribution in [2.75, 3.05) is 6.61 Å². The molecule has 0 aromatic carbocycles. The SMILES string of the molecule is Cc1cc(Cl)nn(CCOC(F)F)c1=O. The minimum atomic E-state index is -2.85. The number of aryl methyl sites for hydroxylation is 1. The molecule has 15 heavy (non-hydrogen) atoms. The first-order valence-electron chi connectivity index (χ1n) is 4.14. The molecule has 0 fully saturated rings. The molecule has 0 unspecified atom stereocenters. The lowest BCUT2D eigenvalue weighted by Gasteiger charge is -2.06. The number of hydrogen-bond acceptors (Lipinski definition) is 3. The van der Waals surface area contributed by atoms with Crippen molar-refractivity contribution in [1.29, 1.82) is 0 Å². The average Bonchev–Trinajstić information content (AvgIpc) is 2.12. The minimum absolute atomic E-state index is 0.0510. The highest BCUT2D eigenvalue weighted by atomic mass is 35.5. The van der Waals surface area contributed by atoms with Gasteiger partial charge in [-0.15, -0.1) is 0 Å².